The van der Waals surface area contributed by atoms with Gasteiger partial charge in [0.15, 0.2) is 5.82 Å². The van der Waals surface area contributed by atoms with Crippen LogP contribution in [-0.4, -0.2) is 22.6 Å². The van der Waals surface area contributed by atoms with Gasteiger partial charge < -0.3 is 9.88 Å². The molecule has 1 aromatic carbocycles. The fourth-order valence-electron chi connectivity index (χ4n) is 3.23. The molecule has 1 N–H and O–H groups in total. The lowest BCUT2D eigenvalue weighted by Crippen LogP contribution is -2.14. The summed E-state index contributed by atoms with van der Waals surface area (Å²) >= 11 is 0. The molecule has 2 atom stereocenters. The molecule has 1 aliphatic carbocycles. The normalized spacial score (nSPS) is 27.3. The van der Waals surface area contributed by atoms with E-state index in [1.165, 1.54) is 18.9 Å². The molecule has 19 heavy (non-hydrogen) atoms. The van der Waals surface area contributed by atoms with E-state index in [2.05, 4.69) is 21.8 Å². The molecule has 0 radical (unpaired) electrons. The SMILES string of the molecule is C[C@@H]1CNC[C@H]1c1nc2c(F)cccc2n1C1CC1. The number of nitrogens with zero attached hydrogens (tertiary/aromatic N) is 2. The second-order valence-electron chi connectivity index (χ2n) is 5.92. The number of imidazole rings is 1. The van der Waals surface area contributed by atoms with E-state index >= 15 is 0 Å². The lowest BCUT2D eigenvalue weighted by Gasteiger charge is -2.16. The van der Waals surface area contributed by atoms with E-state index in [-0.39, 0.29) is 5.82 Å². The molecule has 2 aromatic rings. The van der Waals surface area contributed by atoms with Crippen LogP contribution in [0.25, 0.3) is 11.0 Å². The Balaban J connectivity index is 1.93. The predicted molar refractivity (Wildman–Crippen MR) is 72.7 cm³/mol. The lowest BCUT2D eigenvalue weighted by atomic mass is 9.97. The van der Waals surface area contributed by atoms with Gasteiger partial charge in [0, 0.05) is 18.5 Å². The first kappa shape index (κ1) is 11.4. The Kier molecular flexibility index (Phi) is 2.42. The molecular weight excluding hydrogens is 241 g/mol. The molecule has 2 fully saturated rings. The number of benzene rings is 1. The number of rotatable bonds is 2. The standard InChI is InChI=1S/C15H18FN3/c1-9-7-17-8-11(9)15-18-14-12(16)3-2-4-13(14)19(15)10-5-6-10/h2-4,9-11,17H,5-8H2,1H3/t9-,11-/m1/s1. The van der Waals surface area contributed by atoms with Crippen LogP contribution in [0.5, 0.6) is 0 Å². The molecule has 4 rings (SSSR count). The van der Waals surface area contributed by atoms with Gasteiger partial charge in [0.05, 0.1) is 5.52 Å². The van der Waals surface area contributed by atoms with Gasteiger partial charge in [-0.2, -0.15) is 0 Å². The van der Waals surface area contributed by atoms with Gasteiger partial charge in [0.25, 0.3) is 0 Å². The maximum atomic E-state index is 14.0. The molecule has 2 heterocycles. The molecule has 1 saturated carbocycles. The molecule has 0 spiro atoms. The first-order valence-electron chi connectivity index (χ1n) is 7.13. The highest BCUT2D eigenvalue weighted by Crippen LogP contribution is 2.42. The zero-order chi connectivity index (χ0) is 13.0. The Morgan fingerprint density at radius 3 is 2.84 bits per heavy atom. The summed E-state index contributed by atoms with van der Waals surface area (Å²) in [5.41, 5.74) is 1.51. The summed E-state index contributed by atoms with van der Waals surface area (Å²) in [6, 6.07) is 5.83. The van der Waals surface area contributed by atoms with E-state index in [1.54, 1.807) is 6.07 Å². The molecule has 0 unspecified atom stereocenters. The second kappa shape index (κ2) is 4.04. The quantitative estimate of drug-likeness (QED) is 0.898. The van der Waals surface area contributed by atoms with Crippen LogP contribution in [0, 0.1) is 11.7 Å². The first-order valence-corrected chi connectivity index (χ1v) is 7.13. The summed E-state index contributed by atoms with van der Waals surface area (Å²) in [4.78, 5) is 4.65. The fourth-order valence-corrected chi connectivity index (χ4v) is 3.23. The lowest BCUT2D eigenvalue weighted by molar-refractivity contribution is 0.519. The van der Waals surface area contributed by atoms with Crippen LogP contribution in [-0.2, 0) is 0 Å². The van der Waals surface area contributed by atoms with Crippen molar-refractivity contribution in [2.24, 2.45) is 5.92 Å². The Morgan fingerprint density at radius 1 is 1.32 bits per heavy atom. The van der Waals surface area contributed by atoms with Gasteiger partial charge in [-0.25, -0.2) is 9.37 Å². The predicted octanol–water partition coefficient (Wildman–Crippen LogP) is 2.83. The van der Waals surface area contributed by atoms with Crippen molar-refractivity contribution < 1.29 is 4.39 Å². The summed E-state index contributed by atoms with van der Waals surface area (Å²) in [5.74, 6) is 1.86. The van der Waals surface area contributed by atoms with Crippen LogP contribution in [0.4, 0.5) is 4.39 Å². The molecule has 4 heteroatoms. The van der Waals surface area contributed by atoms with Crippen LogP contribution in [0.3, 0.4) is 0 Å². The van der Waals surface area contributed by atoms with Crippen molar-refractivity contribution in [3.8, 4) is 0 Å². The monoisotopic (exact) mass is 259 g/mol. The van der Waals surface area contributed by atoms with Gasteiger partial charge in [-0.05, 0) is 37.4 Å². The van der Waals surface area contributed by atoms with Crippen LogP contribution in [0.2, 0.25) is 0 Å². The summed E-state index contributed by atoms with van der Waals surface area (Å²) in [6.07, 6.45) is 2.40. The molecule has 2 aliphatic rings. The third-order valence-electron chi connectivity index (χ3n) is 4.46. The van der Waals surface area contributed by atoms with Crippen molar-refractivity contribution >= 4 is 11.0 Å². The summed E-state index contributed by atoms with van der Waals surface area (Å²) < 4.78 is 16.3. The number of aromatic nitrogens is 2. The fraction of sp³-hybridized carbons (Fsp3) is 0.533. The van der Waals surface area contributed by atoms with Gasteiger partial charge in [-0.15, -0.1) is 0 Å². The average molecular weight is 259 g/mol. The van der Waals surface area contributed by atoms with E-state index in [9.17, 15) is 4.39 Å². The van der Waals surface area contributed by atoms with Crippen molar-refractivity contribution in [3.63, 3.8) is 0 Å². The number of hydrogen-bond donors (Lipinski definition) is 1. The van der Waals surface area contributed by atoms with Crippen LogP contribution in [0.15, 0.2) is 18.2 Å². The summed E-state index contributed by atoms with van der Waals surface area (Å²) in [5, 5.41) is 3.42. The molecule has 1 aliphatic heterocycles. The average Bonchev–Trinajstić information content (AvgIpc) is 3.02. The maximum Gasteiger partial charge on any atom is 0.151 e. The van der Waals surface area contributed by atoms with Crippen molar-refractivity contribution in [2.45, 2.75) is 31.7 Å². The highest BCUT2D eigenvalue weighted by atomic mass is 19.1. The van der Waals surface area contributed by atoms with Crippen molar-refractivity contribution in [1.82, 2.24) is 14.9 Å². The van der Waals surface area contributed by atoms with E-state index < -0.39 is 0 Å². The van der Waals surface area contributed by atoms with E-state index in [0.29, 0.717) is 23.4 Å². The van der Waals surface area contributed by atoms with Crippen LogP contribution < -0.4 is 5.32 Å². The summed E-state index contributed by atoms with van der Waals surface area (Å²) in [7, 11) is 0. The minimum absolute atomic E-state index is 0.197. The largest absolute Gasteiger partial charge is 0.324 e. The molecular formula is C15H18FN3. The number of fused-ring (bicyclic) bond motifs is 1. The Labute approximate surface area is 111 Å². The van der Waals surface area contributed by atoms with Gasteiger partial charge in [0.2, 0.25) is 0 Å². The highest BCUT2D eigenvalue weighted by Gasteiger charge is 2.35. The molecule has 1 aromatic heterocycles. The third-order valence-corrected chi connectivity index (χ3v) is 4.46. The van der Waals surface area contributed by atoms with Crippen molar-refractivity contribution in [3.05, 3.63) is 29.8 Å². The van der Waals surface area contributed by atoms with Crippen LogP contribution >= 0.6 is 0 Å². The Morgan fingerprint density at radius 2 is 2.16 bits per heavy atom. The van der Waals surface area contributed by atoms with Crippen molar-refractivity contribution in [2.75, 3.05) is 13.1 Å². The van der Waals surface area contributed by atoms with Crippen molar-refractivity contribution in [1.29, 1.82) is 0 Å². The van der Waals surface area contributed by atoms with Crippen LogP contribution in [0.1, 0.15) is 37.5 Å². The maximum absolute atomic E-state index is 14.0. The summed E-state index contributed by atoms with van der Waals surface area (Å²) in [6.45, 7) is 4.23. The number of nitrogens with one attached hydrogen (secondary N) is 1. The molecule has 100 valence electrons. The highest BCUT2D eigenvalue weighted by molar-refractivity contribution is 5.77. The molecule has 0 amide bonds. The zero-order valence-electron chi connectivity index (χ0n) is 11.1. The van der Waals surface area contributed by atoms with Gasteiger partial charge in [-0.3, -0.25) is 0 Å². The Hall–Kier alpha value is -1.42. The number of halogens is 1. The topological polar surface area (TPSA) is 29.9 Å². The van der Waals surface area contributed by atoms with E-state index in [1.807, 2.05) is 6.07 Å². The van der Waals surface area contributed by atoms with Gasteiger partial charge >= 0.3 is 0 Å². The second-order valence-corrected chi connectivity index (χ2v) is 5.92. The van der Waals surface area contributed by atoms with E-state index in [4.69, 9.17) is 0 Å². The minimum atomic E-state index is -0.197. The smallest absolute Gasteiger partial charge is 0.151 e. The first-order chi connectivity index (χ1) is 9.25. The molecule has 3 nitrogen and oxygen atoms in total. The number of hydrogen-bond acceptors (Lipinski definition) is 2. The Bertz CT molecular complexity index is 630. The third kappa shape index (κ3) is 1.70. The minimum Gasteiger partial charge on any atom is -0.324 e. The van der Waals surface area contributed by atoms with Gasteiger partial charge in [0.1, 0.15) is 11.3 Å². The molecule has 1 saturated heterocycles. The van der Waals surface area contributed by atoms with Gasteiger partial charge in [-0.1, -0.05) is 13.0 Å². The molecule has 0 bridgehead atoms. The zero-order valence-corrected chi connectivity index (χ0v) is 11.1. The number of para-hydroxylation sites is 1. The van der Waals surface area contributed by atoms with E-state index in [0.717, 1.165) is 24.4 Å².